The first-order valence-electron chi connectivity index (χ1n) is 6.99. The molecule has 23 heavy (non-hydrogen) atoms. The largest absolute Gasteiger partial charge is 0.322 e. The number of nitrogens with zero attached hydrogens (tertiary/aromatic N) is 3. The Kier molecular flexibility index (Phi) is 4.44. The molecule has 1 aromatic heterocycles. The summed E-state index contributed by atoms with van der Waals surface area (Å²) < 4.78 is 15.0. The van der Waals surface area contributed by atoms with Gasteiger partial charge in [-0.05, 0) is 45.4 Å². The molecule has 0 radical (unpaired) electrons. The van der Waals surface area contributed by atoms with E-state index in [-0.39, 0.29) is 22.8 Å². The summed E-state index contributed by atoms with van der Waals surface area (Å²) in [7, 11) is 0. The molecular weight excluding hydrogens is 303 g/mol. The molecule has 0 fully saturated rings. The number of nitrogens with one attached hydrogen (secondary N) is 1. The fourth-order valence-corrected chi connectivity index (χ4v) is 2.38. The average molecular weight is 320 g/mol. The van der Waals surface area contributed by atoms with Crippen LogP contribution in [0, 0.1) is 36.7 Å². The van der Waals surface area contributed by atoms with Crippen molar-refractivity contribution in [2.24, 2.45) is 0 Å². The summed E-state index contributed by atoms with van der Waals surface area (Å²) >= 11 is 0. The van der Waals surface area contributed by atoms with Gasteiger partial charge >= 0.3 is 5.69 Å². The summed E-state index contributed by atoms with van der Waals surface area (Å²) in [5.74, 6) is -1.05. The summed E-state index contributed by atoms with van der Waals surface area (Å²) in [4.78, 5) is 22.8. The molecule has 0 aliphatic rings. The minimum Gasteiger partial charge on any atom is -0.322 e. The summed E-state index contributed by atoms with van der Waals surface area (Å²) in [5.41, 5.74) is 1.26. The van der Waals surface area contributed by atoms with Gasteiger partial charge in [0.05, 0.1) is 10.6 Å². The monoisotopic (exact) mass is 320 g/mol. The highest BCUT2D eigenvalue weighted by atomic mass is 19.1. The van der Waals surface area contributed by atoms with E-state index < -0.39 is 22.7 Å². The van der Waals surface area contributed by atoms with Gasteiger partial charge in [-0.2, -0.15) is 5.10 Å². The number of aryl methyl sites for hydroxylation is 2. The average Bonchev–Trinajstić information content (AvgIpc) is 2.77. The molecule has 0 bridgehead atoms. The van der Waals surface area contributed by atoms with E-state index in [2.05, 4.69) is 10.4 Å². The summed E-state index contributed by atoms with van der Waals surface area (Å²) in [5, 5.41) is 17.6. The van der Waals surface area contributed by atoms with Gasteiger partial charge in [0, 0.05) is 0 Å². The van der Waals surface area contributed by atoms with Crippen LogP contribution < -0.4 is 5.32 Å². The molecule has 8 heteroatoms. The number of halogens is 1. The molecule has 1 unspecified atom stereocenters. The van der Waals surface area contributed by atoms with E-state index in [9.17, 15) is 19.3 Å². The van der Waals surface area contributed by atoms with Crippen LogP contribution in [0.1, 0.15) is 29.9 Å². The smallest absolute Gasteiger partial charge is 0.312 e. The third-order valence-electron chi connectivity index (χ3n) is 3.60. The van der Waals surface area contributed by atoms with Crippen molar-refractivity contribution in [2.75, 3.05) is 5.32 Å². The molecule has 2 rings (SSSR count). The lowest BCUT2D eigenvalue weighted by molar-refractivity contribution is -0.386. The maximum absolute atomic E-state index is 13.7. The Morgan fingerprint density at radius 3 is 2.61 bits per heavy atom. The van der Waals surface area contributed by atoms with Crippen LogP contribution in [0.15, 0.2) is 18.2 Å². The molecular formula is C15H17FN4O3. The Morgan fingerprint density at radius 1 is 1.39 bits per heavy atom. The van der Waals surface area contributed by atoms with Crippen LogP contribution in [0.4, 0.5) is 15.8 Å². The summed E-state index contributed by atoms with van der Waals surface area (Å²) in [6, 6.07) is 3.56. The van der Waals surface area contributed by atoms with E-state index in [1.165, 1.54) is 30.7 Å². The lowest BCUT2D eigenvalue weighted by Gasteiger charge is -2.14. The molecule has 1 heterocycles. The van der Waals surface area contributed by atoms with Crippen LogP contribution in [0.2, 0.25) is 0 Å². The number of carbonyl (C=O) groups is 1. The van der Waals surface area contributed by atoms with Gasteiger partial charge in [-0.3, -0.25) is 19.6 Å². The normalized spacial score (nSPS) is 12.0. The Bertz CT molecular complexity index is 785. The van der Waals surface area contributed by atoms with Gasteiger partial charge in [0.15, 0.2) is 0 Å². The number of carbonyl (C=O) groups excluding carboxylic acids is 1. The highest BCUT2D eigenvalue weighted by Crippen LogP contribution is 2.25. The van der Waals surface area contributed by atoms with Crippen molar-refractivity contribution in [3.8, 4) is 0 Å². The Labute approximate surface area is 132 Å². The minimum absolute atomic E-state index is 0.0675. The quantitative estimate of drug-likeness (QED) is 0.692. The van der Waals surface area contributed by atoms with Crippen LogP contribution >= 0.6 is 0 Å². The zero-order valence-electron chi connectivity index (χ0n) is 13.3. The molecule has 0 spiro atoms. The summed E-state index contributed by atoms with van der Waals surface area (Å²) in [6.07, 6.45) is 0. The van der Waals surface area contributed by atoms with E-state index in [1.807, 2.05) is 0 Å². The zero-order chi connectivity index (χ0) is 17.3. The molecule has 1 atom stereocenters. The molecule has 0 saturated heterocycles. The number of benzene rings is 1. The zero-order valence-corrected chi connectivity index (χ0v) is 13.3. The molecule has 1 N–H and O–H groups in total. The Morgan fingerprint density at radius 2 is 2.04 bits per heavy atom. The van der Waals surface area contributed by atoms with Gasteiger partial charge in [-0.25, -0.2) is 4.39 Å². The Balaban J connectivity index is 2.28. The van der Waals surface area contributed by atoms with E-state index in [4.69, 9.17) is 0 Å². The molecule has 122 valence electrons. The van der Waals surface area contributed by atoms with Crippen molar-refractivity contribution in [1.29, 1.82) is 0 Å². The van der Waals surface area contributed by atoms with Crippen LogP contribution in [0.25, 0.3) is 0 Å². The fourth-order valence-electron chi connectivity index (χ4n) is 2.38. The van der Waals surface area contributed by atoms with Crippen molar-refractivity contribution < 1.29 is 14.1 Å². The number of aromatic nitrogens is 2. The van der Waals surface area contributed by atoms with E-state index in [0.29, 0.717) is 0 Å². The first-order valence-corrected chi connectivity index (χ1v) is 6.99. The predicted molar refractivity (Wildman–Crippen MR) is 82.8 cm³/mol. The van der Waals surface area contributed by atoms with Crippen molar-refractivity contribution in [3.05, 3.63) is 51.1 Å². The lowest BCUT2D eigenvalue weighted by atomic mass is 10.2. The molecule has 2 aromatic rings. The van der Waals surface area contributed by atoms with Crippen molar-refractivity contribution in [3.63, 3.8) is 0 Å². The lowest BCUT2D eigenvalue weighted by Crippen LogP contribution is -2.25. The number of amides is 1. The topological polar surface area (TPSA) is 90.1 Å². The van der Waals surface area contributed by atoms with Gasteiger partial charge in [0.2, 0.25) is 5.91 Å². The Hall–Kier alpha value is -2.77. The molecule has 0 aliphatic heterocycles. The van der Waals surface area contributed by atoms with Crippen LogP contribution in [-0.2, 0) is 4.79 Å². The SMILES string of the molecule is Cc1ccc(F)c(NC(=O)C(C)n2nc(C)c([N+](=O)[O-])c2C)c1. The minimum atomic E-state index is -0.817. The molecule has 1 amide bonds. The maximum Gasteiger partial charge on any atom is 0.312 e. The number of nitro groups is 1. The van der Waals surface area contributed by atoms with Gasteiger partial charge < -0.3 is 5.32 Å². The molecule has 7 nitrogen and oxygen atoms in total. The van der Waals surface area contributed by atoms with E-state index in [0.717, 1.165) is 5.56 Å². The van der Waals surface area contributed by atoms with Crippen LogP contribution in [-0.4, -0.2) is 20.6 Å². The summed E-state index contributed by atoms with van der Waals surface area (Å²) in [6.45, 7) is 6.36. The second kappa shape index (κ2) is 6.15. The van der Waals surface area contributed by atoms with Gasteiger partial charge in [0.1, 0.15) is 23.2 Å². The second-order valence-electron chi connectivity index (χ2n) is 5.37. The van der Waals surface area contributed by atoms with Gasteiger partial charge in [-0.15, -0.1) is 0 Å². The first-order chi connectivity index (χ1) is 10.7. The second-order valence-corrected chi connectivity index (χ2v) is 5.37. The highest BCUT2D eigenvalue weighted by molar-refractivity contribution is 5.93. The number of anilines is 1. The van der Waals surface area contributed by atoms with E-state index >= 15 is 0 Å². The van der Waals surface area contributed by atoms with Crippen molar-refractivity contribution in [2.45, 2.75) is 33.7 Å². The first kappa shape index (κ1) is 16.6. The van der Waals surface area contributed by atoms with Crippen LogP contribution in [0.3, 0.4) is 0 Å². The molecule has 1 aromatic carbocycles. The molecule has 0 saturated carbocycles. The maximum atomic E-state index is 13.7. The van der Waals surface area contributed by atoms with Crippen molar-refractivity contribution >= 4 is 17.3 Å². The highest BCUT2D eigenvalue weighted by Gasteiger charge is 2.27. The predicted octanol–water partition coefficient (Wildman–Crippen LogP) is 3.06. The van der Waals surface area contributed by atoms with Gasteiger partial charge in [0.25, 0.3) is 0 Å². The van der Waals surface area contributed by atoms with Crippen molar-refractivity contribution in [1.82, 2.24) is 9.78 Å². The van der Waals surface area contributed by atoms with E-state index in [1.54, 1.807) is 19.9 Å². The number of hydrogen-bond acceptors (Lipinski definition) is 4. The number of rotatable bonds is 4. The third kappa shape index (κ3) is 3.20. The van der Waals surface area contributed by atoms with Gasteiger partial charge in [-0.1, -0.05) is 6.07 Å². The fraction of sp³-hybridized carbons (Fsp3) is 0.333. The van der Waals surface area contributed by atoms with Crippen LogP contribution in [0.5, 0.6) is 0 Å². The third-order valence-corrected chi connectivity index (χ3v) is 3.60. The standard InChI is InChI=1S/C15H17FN4O3/c1-8-5-6-12(16)13(7-8)17-15(21)11(4)19-10(3)14(20(22)23)9(2)18-19/h5-7,11H,1-4H3,(H,17,21). The number of hydrogen-bond donors (Lipinski definition) is 1. The molecule has 0 aliphatic carbocycles.